The normalized spacial score (nSPS) is 17.3. The predicted molar refractivity (Wildman–Crippen MR) is 119 cm³/mol. The molecule has 2 heterocycles. The van der Waals surface area contributed by atoms with Crippen molar-refractivity contribution in [2.45, 2.75) is 32.7 Å². The largest absolute Gasteiger partial charge is 0.479 e. The van der Waals surface area contributed by atoms with Crippen molar-refractivity contribution in [3.05, 3.63) is 89.0 Å². The first-order valence-electron chi connectivity index (χ1n) is 10.4. The van der Waals surface area contributed by atoms with Gasteiger partial charge in [-0.15, -0.1) is 0 Å². The lowest BCUT2D eigenvalue weighted by Gasteiger charge is -2.24. The van der Waals surface area contributed by atoms with E-state index < -0.39 is 6.10 Å². The summed E-state index contributed by atoms with van der Waals surface area (Å²) in [5.74, 6) is 0.478. The summed E-state index contributed by atoms with van der Waals surface area (Å²) >= 11 is 0. The van der Waals surface area contributed by atoms with Crippen molar-refractivity contribution in [3.8, 4) is 5.75 Å². The van der Waals surface area contributed by atoms with Crippen LogP contribution in [0.2, 0.25) is 0 Å². The number of carbonyl (C=O) groups excluding carboxylic acids is 2. The van der Waals surface area contributed by atoms with Crippen LogP contribution in [0.3, 0.4) is 0 Å². The summed E-state index contributed by atoms with van der Waals surface area (Å²) in [7, 11) is 0. The smallest absolute Gasteiger partial charge is 0.265 e. The molecule has 6 nitrogen and oxygen atoms in total. The van der Waals surface area contributed by atoms with Gasteiger partial charge in [0.2, 0.25) is 0 Å². The lowest BCUT2D eigenvalue weighted by atomic mass is 10.1. The molecule has 5 rings (SSSR count). The number of hydrogen-bond donors (Lipinski definition) is 2. The van der Waals surface area contributed by atoms with E-state index in [1.54, 1.807) is 19.1 Å². The molecule has 0 aliphatic carbocycles. The Kier molecular flexibility index (Phi) is 4.92. The molecule has 1 unspecified atom stereocenters. The molecular formula is C25H23N3O3. The van der Waals surface area contributed by atoms with Crippen molar-refractivity contribution < 1.29 is 14.3 Å². The Balaban J connectivity index is 1.25. The number of hydrogen-bond acceptors (Lipinski definition) is 4. The maximum absolute atomic E-state index is 12.4. The summed E-state index contributed by atoms with van der Waals surface area (Å²) in [6, 6.07) is 21.2. The lowest BCUT2D eigenvalue weighted by molar-refractivity contribution is -0.122. The molecule has 31 heavy (non-hydrogen) atoms. The zero-order valence-electron chi connectivity index (χ0n) is 17.2. The highest BCUT2D eigenvalue weighted by atomic mass is 16.5. The number of amides is 2. The Morgan fingerprint density at radius 3 is 2.71 bits per heavy atom. The number of fused-ring (bicyclic) bond motifs is 2. The van der Waals surface area contributed by atoms with Gasteiger partial charge in [-0.3, -0.25) is 14.5 Å². The number of carbonyl (C=O) groups is 2. The molecule has 0 fully saturated rings. The molecule has 1 atom stereocenters. The van der Waals surface area contributed by atoms with Crippen molar-refractivity contribution >= 4 is 23.2 Å². The molecule has 0 saturated heterocycles. The van der Waals surface area contributed by atoms with Gasteiger partial charge in [0.25, 0.3) is 11.8 Å². The van der Waals surface area contributed by atoms with Crippen LogP contribution in [0.4, 0.5) is 11.4 Å². The fourth-order valence-electron chi connectivity index (χ4n) is 4.06. The van der Waals surface area contributed by atoms with Crippen LogP contribution in [0.5, 0.6) is 5.75 Å². The molecule has 0 radical (unpaired) electrons. The second-order valence-corrected chi connectivity index (χ2v) is 8.03. The van der Waals surface area contributed by atoms with Crippen molar-refractivity contribution in [2.24, 2.45) is 0 Å². The molecule has 0 saturated carbocycles. The average molecular weight is 413 g/mol. The topological polar surface area (TPSA) is 70.7 Å². The zero-order chi connectivity index (χ0) is 21.4. The number of nitrogens with one attached hydrogen (secondary N) is 2. The Hall–Kier alpha value is -3.64. The fourth-order valence-corrected chi connectivity index (χ4v) is 4.06. The molecule has 2 amide bonds. The van der Waals surface area contributed by atoms with Crippen molar-refractivity contribution in [1.29, 1.82) is 0 Å². The van der Waals surface area contributed by atoms with Gasteiger partial charge in [-0.05, 0) is 60.0 Å². The van der Waals surface area contributed by atoms with Crippen LogP contribution in [0.1, 0.15) is 34.0 Å². The molecular weight excluding hydrogens is 390 g/mol. The first kappa shape index (κ1) is 19.3. The quantitative estimate of drug-likeness (QED) is 0.673. The molecule has 2 aliphatic heterocycles. The van der Waals surface area contributed by atoms with Crippen LogP contribution in [0.15, 0.2) is 66.7 Å². The highest BCUT2D eigenvalue weighted by Crippen LogP contribution is 2.32. The molecule has 2 aliphatic rings. The molecule has 3 aromatic rings. The molecule has 6 heteroatoms. The summed E-state index contributed by atoms with van der Waals surface area (Å²) in [5.41, 5.74) is 5.76. The van der Waals surface area contributed by atoms with Crippen LogP contribution in [0.25, 0.3) is 0 Å². The van der Waals surface area contributed by atoms with Crippen LogP contribution in [0, 0.1) is 0 Å². The molecule has 3 aromatic carbocycles. The number of rotatable bonds is 4. The first-order chi connectivity index (χ1) is 15.0. The standard InChI is InChI=1S/C25H23N3O3/c1-16-24(29)27-22-11-17(7-10-23(22)31-16)13-28-14-19-8-9-21(12-20(19)15-28)26-25(30)18-5-3-2-4-6-18/h2-12,16H,13-15H2,1H3,(H,26,30)(H,27,29). The van der Waals surface area contributed by atoms with E-state index in [-0.39, 0.29) is 11.8 Å². The third kappa shape index (κ3) is 4.02. The van der Waals surface area contributed by atoms with Crippen molar-refractivity contribution in [2.75, 3.05) is 10.6 Å². The molecule has 156 valence electrons. The zero-order valence-corrected chi connectivity index (χ0v) is 17.2. The number of anilines is 2. The van der Waals surface area contributed by atoms with Gasteiger partial charge in [-0.2, -0.15) is 0 Å². The van der Waals surface area contributed by atoms with Gasteiger partial charge in [0.15, 0.2) is 6.10 Å². The third-order valence-corrected chi connectivity index (χ3v) is 5.67. The summed E-state index contributed by atoms with van der Waals surface area (Å²) in [4.78, 5) is 26.6. The van der Waals surface area contributed by atoms with E-state index in [4.69, 9.17) is 4.74 Å². The lowest BCUT2D eigenvalue weighted by Crippen LogP contribution is -2.34. The van der Waals surface area contributed by atoms with Crippen LogP contribution in [-0.2, 0) is 24.4 Å². The maximum atomic E-state index is 12.4. The average Bonchev–Trinajstić information content (AvgIpc) is 3.17. The Morgan fingerprint density at radius 1 is 1.06 bits per heavy atom. The summed E-state index contributed by atoms with van der Waals surface area (Å²) < 4.78 is 5.64. The second kappa shape index (κ2) is 7.89. The van der Waals surface area contributed by atoms with Crippen LogP contribution >= 0.6 is 0 Å². The number of nitrogens with zero attached hydrogens (tertiary/aromatic N) is 1. The molecule has 0 aromatic heterocycles. The Morgan fingerprint density at radius 2 is 1.87 bits per heavy atom. The third-order valence-electron chi connectivity index (χ3n) is 5.67. The van der Waals surface area contributed by atoms with E-state index in [1.165, 1.54) is 11.1 Å². The van der Waals surface area contributed by atoms with Crippen molar-refractivity contribution in [1.82, 2.24) is 4.90 Å². The number of ether oxygens (including phenoxy) is 1. The SMILES string of the molecule is CC1Oc2ccc(CN3Cc4ccc(NC(=O)c5ccccc5)cc4C3)cc2NC1=O. The van der Waals surface area contributed by atoms with E-state index in [9.17, 15) is 9.59 Å². The highest BCUT2D eigenvalue weighted by molar-refractivity contribution is 6.04. The predicted octanol–water partition coefficient (Wildman–Crippen LogP) is 4.17. The van der Waals surface area contributed by atoms with E-state index in [2.05, 4.69) is 27.7 Å². The van der Waals surface area contributed by atoms with E-state index in [0.717, 1.165) is 36.6 Å². The van der Waals surface area contributed by atoms with Gasteiger partial charge in [0, 0.05) is 30.9 Å². The Bertz CT molecular complexity index is 1160. The van der Waals surface area contributed by atoms with E-state index >= 15 is 0 Å². The molecule has 0 spiro atoms. The minimum atomic E-state index is -0.469. The van der Waals surface area contributed by atoms with Gasteiger partial charge in [-0.1, -0.05) is 30.3 Å². The van der Waals surface area contributed by atoms with E-state index in [0.29, 0.717) is 11.3 Å². The Labute approximate surface area is 180 Å². The van der Waals surface area contributed by atoms with Gasteiger partial charge >= 0.3 is 0 Å². The summed E-state index contributed by atoms with van der Waals surface area (Å²) in [5, 5.41) is 5.89. The summed E-state index contributed by atoms with van der Waals surface area (Å²) in [6.45, 7) is 4.16. The van der Waals surface area contributed by atoms with E-state index in [1.807, 2.05) is 42.5 Å². The first-order valence-corrected chi connectivity index (χ1v) is 10.4. The second-order valence-electron chi connectivity index (χ2n) is 8.03. The van der Waals surface area contributed by atoms with Crippen LogP contribution in [-0.4, -0.2) is 22.8 Å². The van der Waals surface area contributed by atoms with Crippen molar-refractivity contribution in [3.63, 3.8) is 0 Å². The fraction of sp³-hybridized carbons (Fsp3) is 0.200. The number of benzene rings is 3. The molecule has 0 bridgehead atoms. The van der Waals surface area contributed by atoms with Crippen LogP contribution < -0.4 is 15.4 Å². The highest BCUT2D eigenvalue weighted by Gasteiger charge is 2.24. The van der Waals surface area contributed by atoms with Gasteiger partial charge in [0.1, 0.15) is 5.75 Å². The van der Waals surface area contributed by atoms with Gasteiger partial charge in [-0.25, -0.2) is 0 Å². The minimum Gasteiger partial charge on any atom is -0.479 e. The van der Waals surface area contributed by atoms with Gasteiger partial charge < -0.3 is 15.4 Å². The monoisotopic (exact) mass is 413 g/mol. The summed E-state index contributed by atoms with van der Waals surface area (Å²) in [6.07, 6.45) is -0.469. The maximum Gasteiger partial charge on any atom is 0.265 e. The molecule has 2 N–H and O–H groups in total. The minimum absolute atomic E-state index is 0.108. The van der Waals surface area contributed by atoms with Gasteiger partial charge in [0.05, 0.1) is 5.69 Å².